The van der Waals surface area contributed by atoms with Gasteiger partial charge in [-0.05, 0) is 25.3 Å². The van der Waals surface area contributed by atoms with Gasteiger partial charge in [-0.3, -0.25) is 29.1 Å². The molecule has 40 heavy (non-hydrogen) atoms. The number of rotatable bonds is 7. The molecule has 1 aliphatic heterocycles. The maximum Gasteiger partial charge on any atom is 0.275 e. The summed E-state index contributed by atoms with van der Waals surface area (Å²) in [5, 5.41) is 6.52. The summed E-state index contributed by atoms with van der Waals surface area (Å²) in [5.74, 6) is -0.633. The molecule has 4 heterocycles. The summed E-state index contributed by atoms with van der Waals surface area (Å²) in [6.45, 7) is 2.51. The smallest absolute Gasteiger partial charge is 0.275 e. The van der Waals surface area contributed by atoms with Crippen molar-refractivity contribution in [3.63, 3.8) is 0 Å². The lowest BCUT2D eigenvalue weighted by Gasteiger charge is -2.17. The third-order valence-corrected chi connectivity index (χ3v) is 7.32. The lowest BCUT2D eigenvalue weighted by molar-refractivity contribution is -0.118. The van der Waals surface area contributed by atoms with E-state index in [4.69, 9.17) is 11.6 Å². The van der Waals surface area contributed by atoms with Crippen LogP contribution >= 0.6 is 11.6 Å². The average Bonchev–Trinajstić information content (AvgIpc) is 3.45. The zero-order valence-electron chi connectivity index (χ0n) is 20.8. The first-order valence-electron chi connectivity index (χ1n) is 12.3. The van der Waals surface area contributed by atoms with Crippen LogP contribution in [0.15, 0.2) is 49.3 Å². The Morgan fingerprint density at radius 3 is 2.67 bits per heavy atom. The SMILES string of the molecule is C[C@@H](c1cnc(N2C[C@H]3C[C@H]3C2=O)cn1)n1cc(NC(=O)c2cncc(-c3c(C(F)F)ccc(Cl)c3F)n2)cn1. The number of halogens is 4. The van der Waals surface area contributed by atoms with Crippen molar-refractivity contribution in [1.29, 1.82) is 0 Å². The fourth-order valence-electron chi connectivity index (χ4n) is 4.72. The Morgan fingerprint density at radius 1 is 1.15 bits per heavy atom. The van der Waals surface area contributed by atoms with Gasteiger partial charge < -0.3 is 5.32 Å². The van der Waals surface area contributed by atoms with Crippen LogP contribution in [0.1, 0.15) is 47.6 Å². The van der Waals surface area contributed by atoms with Gasteiger partial charge in [-0.2, -0.15) is 5.10 Å². The number of hydrogen-bond donors (Lipinski definition) is 1. The molecule has 3 atom stereocenters. The Kier molecular flexibility index (Phi) is 6.45. The average molecular weight is 569 g/mol. The fourth-order valence-corrected chi connectivity index (χ4v) is 4.88. The lowest BCUT2D eigenvalue weighted by atomic mass is 10.0. The van der Waals surface area contributed by atoms with E-state index in [1.807, 2.05) is 6.92 Å². The van der Waals surface area contributed by atoms with E-state index in [-0.39, 0.29) is 34.3 Å². The number of fused-ring (bicyclic) bond motifs is 1. The third kappa shape index (κ3) is 4.66. The predicted molar refractivity (Wildman–Crippen MR) is 137 cm³/mol. The Hall–Kier alpha value is -4.39. The van der Waals surface area contributed by atoms with E-state index in [0.29, 0.717) is 29.7 Å². The lowest BCUT2D eigenvalue weighted by Crippen LogP contribution is -2.29. The molecule has 6 rings (SSSR count). The number of hydrogen-bond acceptors (Lipinski definition) is 7. The molecule has 0 bridgehead atoms. The van der Waals surface area contributed by atoms with Gasteiger partial charge in [0.1, 0.15) is 5.69 Å². The van der Waals surface area contributed by atoms with E-state index in [1.165, 1.54) is 6.20 Å². The topological polar surface area (TPSA) is 119 Å². The van der Waals surface area contributed by atoms with E-state index in [9.17, 15) is 22.8 Å². The first-order valence-corrected chi connectivity index (χ1v) is 12.7. The summed E-state index contributed by atoms with van der Waals surface area (Å²) in [4.78, 5) is 43.6. The number of anilines is 2. The number of nitrogens with zero attached hydrogens (tertiary/aromatic N) is 7. The number of benzene rings is 1. The molecule has 4 aromatic rings. The van der Waals surface area contributed by atoms with Crippen LogP contribution in [0.3, 0.4) is 0 Å². The summed E-state index contributed by atoms with van der Waals surface area (Å²) >= 11 is 5.79. The van der Waals surface area contributed by atoms with Crippen molar-refractivity contribution in [3.8, 4) is 11.3 Å². The standard InChI is InChI=1S/C26H20ClF3N8O2/c1-12(18-8-33-21(9-32-18)37-10-13-4-16(13)26(37)40)38-11-14(5-34-38)35-25(39)20-7-31-6-19(36-20)22-15(24(29)30)2-3-17(27)23(22)28/h2-3,5-9,11-13,16,24H,4,10H2,1H3,(H,35,39)/t12-,13+,16+/m0/s1. The molecule has 0 spiro atoms. The highest BCUT2D eigenvalue weighted by molar-refractivity contribution is 6.31. The molecule has 0 unspecified atom stereocenters. The molecule has 204 valence electrons. The fraction of sp³-hybridized carbons (Fsp3) is 0.269. The quantitative estimate of drug-likeness (QED) is 0.343. The molecule has 2 amide bonds. The summed E-state index contributed by atoms with van der Waals surface area (Å²) in [5.41, 5.74) is -0.722. The van der Waals surface area contributed by atoms with E-state index in [1.54, 1.807) is 28.2 Å². The number of amides is 2. The first kappa shape index (κ1) is 25.9. The van der Waals surface area contributed by atoms with Crippen molar-refractivity contribution >= 4 is 34.9 Å². The Bertz CT molecular complexity index is 1630. The minimum Gasteiger partial charge on any atom is -0.318 e. The number of piperidine rings is 1. The molecule has 1 N–H and O–H groups in total. The normalized spacial score (nSPS) is 18.6. The van der Waals surface area contributed by atoms with Crippen LogP contribution in [0.2, 0.25) is 5.02 Å². The van der Waals surface area contributed by atoms with Crippen molar-refractivity contribution in [2.24, 2.45) is 11.8 Å². The van der Waals surface area contributed by atoms with E-state index in [0.717, 1.165) is 30.9 Å². The molecule has 2 aliphatic rings. The molecule has 10 nitrogen and oxygen atoms in total. The molecule has 1 saturated heterocycles. The third-order valence-electron chi connectivity index (χ3n) is 7.03. The highest BCUT2D eigenvalue weighted by atomic mass is 35.5. The summed E-state index contributed by atoms with van der Waals surface area (Å²) in [6, 6.07) is 1.68. The minimum atomic E-state index is -3.00. The molecule has 0 radical (unpaired) electrons. The monoisotopic (exact) mass is 568 g/mol. The summed E-state index contributed by atoms with van der Waals surface area (Å²) in [7, 11) is 0. The van der Waals surface area contributed by atoms with Crippen LogP contribution in [0, 0.1) is 17.7 Å². The maximum absolute atomic E-state index is 14.7. The number of aromatic nitrogens is 6. The first-order chi connectivity index (χ1) is 19.2. The second-order valence-corrected chi connectivity index (χ2v) is 10.0. The molecule has 3 aromatic heterocycles. The van der Waals surface area contributed by atoms with E-state index in [2.05, 4.69) is 30.4 Å². The second kappa shape index (κ2) is 9.97. The Morgan fingerprint density at radius 2 is 1.98 bits per heavy atom. The van der Waals surface area contributed by atoms with Crippen LogP contribution in [0.4, 0.5) is 24.7 Å². The predicted octanol–water partition coefficient (Wildman–Crippen LogP) is 4.70. The molecule has 1 aliphatic carbocycles. The van der Waals surface area contributed by atoms with E-state index >= 15 is 0 Å². The van der Waals surface area contributed by atoms with Gasteiger partial charge in [-0.15, -0.1) is 0 Å². The minimum absolute atomic E-state index is 0.0925. The van der Waals surface area contributed by atoms with Crippen molar-refractivity contribution in [2.45, 2.75) is 25.8 Å². The van der Waals surface area contributed by atoms with Crippen molar-refractivity contribution in [3.05, 3.63) is 77.1 Å². The van der Waals surface area contributed by atoms with Gasteiger partial charge >= 0.3 is 0 Å². The molecule has 1 aromatic carbocycles. The van der Waals surface area contributed by atoms with Gasteiger partial charge in [0, 0.05) is 29.8 Å². The van der Waals surface area contributed by atoms with Gasteiger partial charge in [0.15, 0.2) is 11.6 Å². The van der Waals surface area contributed by atoms with Crippen molar-refractivity contribution in [2.75, 3.05) is 16.8 Å². The number of alkyl halides is 2. The summed E-state index contributed by atoms with van der Waals surface area (Å²) < 4.78 is 43.3. The molecular weight excluding hydrogens is 549 g/mol. The molecule has 1 saturated carbocycles. The van der Waals surface area contributed by atoms with Gasteiger partial charge in [-0.25, -0.2) is 23.1 Å². The van der Waals surface area contributed by atoms with Crippen molar-refractivity contribution < 1.29 is 22.8 Å². The zero-order chi connectivity index (χ0) is 28.1. The van der Waals surface area contributed by atoms with E-state index < -0.39 is 29.3 Å². The maximum atomic E-state index is 14.7. The van der Waals surface area contributed by atoms with Gasteiger partial charge in [0.2, 0.25) is 5.91 Å². The highest BCUT2D eigenvalue weighted by Gasteiger charge is 2.52. The Balaban J connectivity index is 1.16. The number of nitrogens with one attached hydrogen (secondary N) is 1. The summed E-state index contributed by atoms with van der Waals surface area (Å²) in [6.07, 6.45) is 6.28. The molecule has 2 fully saturated rings. The van der Waals surface area contributed by atoms with Crippen LogP contribution in [-0.4, -0.2) is 48.1 Å². The molecule has 14 heteroatoms. The highest BCUT2D eigenvalue weighted by Crippen LogP contribution is 2.46. The van der Waals surface area contributed by atoms with Crippen LogP contribution < -0.4 is 10.2 Å². The Labute approximate surface area is 230 Å². The van der Waals surface area contributed by atoms with Gasteiger partial charge in [0.05, 0.1) is 59.1 Å². The van der Waals surface area contributed by atoms with Gasteiger partial charge in [0.25, 0.3) is 12.3 Å². The van der Waals surface area contributed by atoms with Gasteiger partial charge in [-0.1, -0.05) is 17.7 Å². The van der Waals surface area contributed by atoms with Crippen LogP contribution in [0.5, 0.6) is 0 Å². The number of carbonyl (C=O) groups excluding carboxylic acids is 2. The largest absolute Gasteiger partial charge is 0.318 e. The second-order valence-electron chi connectivity index (χ2n) is 9.61. The van der Waals surface area contributed by atoms with Crippen LogP contribution in [-0.2, 0) is 4.79 Å². The zero-order valence-corrected chi connectivity index (χ0v) is 21.6. The van der Waals surface area contributed by atoms with Crippen molar-refractivity contribution in [1.82, 2.24) is 29.7 Å². The van der Waals surface area contributed by atoms with Crippen LogP contribution in [0.25, 0.3) is 11.3 Å². The molecular formula is C26H20ClF3N8O2. The number of carbonyl (C=O) groups is 2.